The highest BCUT2D eigenvalue weighted by atomic mass is 35.5. The molecule has 202 valence electrons. The van der Waals surface area contributed by atoms with Crippen LogP contribution in [0.2, 0.25) is 5.02 Å². The number of carbonyl (C=O) groups is 2. The number of nitrogens with one attached hydrogen (secondary N) is 1. The van der Waals surface area contributed by atoms with E-state index in [0.29, 0.717) is 16.3 Å². The number of pyridine rings is 1. The maximum absolute atomic E-state index is 14.3. The Bertz CT molecular complexity index is 1190. The van der Waals surface area contributed by atoms with E-state index in [-0.39, 0.29) is 30.3 Å². The number of β-amino-alcohol motifs (C(OH)–C–C–N with tert-alkyl or cyclic N) is 1. The summed E-state index contributed by atoms with van der Waals surface area (Å²) in [5.41, 5.74) is 1.72. The van der Waals surface area contributed by atoms with E-state index in [1.807, 2.05) is 18.3 Å². The van der Waals surface area contributed by atoms with Crippen LogP contribution in [-0.4, -0.2) is 51.5 Å². The molecule has 2 amide bonds. The topological polar surface area (TPSA) is 110 Å². The van der Waals surface area contributed by atoms with Crippen molar-refractivity contribution < 1.29 is 14.7 Å². The molecule has 1 aromatic heterocycles. The van der Waals surface area contributed by atoms with Crippen molar-refractivity contribution in [1.82, 2.24) is 15.2 Å². The fourth-order valence-corrected chi connectivity index (χ4v) is 5.63. The van der Waals surface area contributed by atoms with Gasteiger partial charge in [0.05, 0.1) is 23.4 Å². The maximum atomic E-state index is 14.3. The van der Waals surface area contributed by atoms with Gasteiger partial charge in [0.2, 0.25) is 5.91 Å². The molecule has 0 spiro atoms. The number of aliphatic hydroxyl groups excluding tert-OH is 1. The van der Waals surface area contributed by atoms with Gasteiger partial charge in [0.25, 0.3) is 5.91 Å². The van der Waals surface area contributed by atoms with Crippen molar-refractivity contribution in [1.29, 1.82) is 5.26 Å². The third kappa shape index (κ3) is 6.11. The highest BCUT2D eigenvalue weighted by Gasteiger charge is 2.43. The van der Waals surface area contributed by atoms with Crippen LogP contribution in [0.4, 0.5) is 5.69 Å². The van der Waals surface area contributed by atoms with Gasteiger partial charge in [-0.2, -0.15) is 5.26 Å². The lowest BCUT2D eigenvalue weighted by molar-refractivity contribution is -0.128. The zero-order valence-electron chi connectivity index (χ0n) is 22.2. The summed E-state index contributed by atoms with van der Waals surface area (Å²) in [6, 6.07) is 7.03. The Kier molecular flexibility index (Phi) is 8.59. The minimum Gasteiger partial charge on any atom is -0.391 e. The van der Waals surface area contributed by atoms with Crippen LogP contribution in [0.15, 0.2) is 42.7 Å². The van der Waals surface area contributed by atoms with Crippen LogP contribution in [0.3, 0.4) is 0 Å². The summed E-state index contributed by atoms with van der Waals surface area (Å²) in [4.78, 5) is 35.2. The molecule has 2 heterocycles. The average molecular weight is 538 g/mol. The van der Waals surface area contributed by atoms with Gasteiger partial charge in [-0.15, -0.1) is 0 Å². The highest BCUT2D eigenvalue weighted by Crippen LogP contribution is 2.38. The van der Waals surface area contributed by atoms with Crippen molar-refractivity contribution in [2.24, 2.45) is 0 Å². The predicted octanol–water partition coefficient (Wildman–Crippen LogP) is 4.47. The second kappa shape index (κ2) is 11.7. The van der Waals surface area contributed by atoms with Crippen molar-refractivity contribution in [3.05, 3.63) is 58.9 Å². The number of hydrogen-bond donors (Lipinski definition) is 2. The first kappa shape index (κ1) is 27.9. The number of halogens is 1. The molecule has 4 rings (SSSR count). The van der Waals surface area contributed by atoms with Crippen LogP contribution in [0, 0.1) is 11.5 Å². The second-order valence-corrected chi connectivity index (χ2v) is 11.7. The average Bonchev–Trinajstić information content (AvgIpc) is 3.28. The summed E-state index contributed by atoms with van der Waals surface area (Å²) in [5, 5.41) is 23.5. The molecule has 1 unspecified atom stereocenters. The Labute approximate surface area is 229 Å². The van der Waals surface area contributed by atoms with Gasteiger partial charge in [-0.25, -0.2) is 0 Å². The Morgan fingerprint density at radius 3 is 2.58 bits per heavy atom. The van der Waals surface area contributed by atoms with E-state index in [1.165, 1.54) is 9.80 Å². The molecule has 8 nitrogen and oxygen atoms in total. The van der Waals surface area contributed by atoms with Crippen molar-refractivity contribution in [3.8, 4) is 6.19 Å². The fraction of sp³-hybridized carbons (Fsp3) is 0.517. The number of aromatic nitrogens is 1. The molecule has 9 heteroatoms. The maximum Gasteiger partial charge on any atom is 0.251 e. The van der Waals surface area contributed by atoms with Crippen LogP contribution in [0.1, 0.15) is 76.5 Å². The lowest BCUT2D eigenvalue weighted by Crippen LogP contribution is -2.51. The van der Waals surface area contributed by atoms with Gasteiger partial charge in [0.15, 0.2) is 6.19 Å². The lowest BCUT2D eigenvalue weighted by Gasteiger charge is -2.36. The van der Waals surface area contributed by atoms with E-state index in [4.69, 9.17) is 11.6 Å². The van der Waals surface area contributed by atoms with Gasteiger partial charge in [0, 0.05) is 30.4 Å². The Morgan fingerprint density at radius 1 is 1.24 bits per heavy atom. The predicted molar refractivity (Wildman–Crippen MR) is 146 cm³/mol. The fourth-order valence-electron chi connectivity index (χ4n) is 5.36. The van der Waals surface area contributed by atoms with Gasteiger partial charge >= 0.3 is 0 Å². The summed E-state index contributed by atoms with van der Waals surface area (Å²) in [6.45, 7) is 6.27. The summed E-state index contributed by atoms with van der Waals surface area (Å²) in [6.07, 6.45) is 9.49. The van der Waals surface area contributed by atoms with Crippen molar-refractivity contribution in [2.75, 3.05) is 11.4 Å². The molecule has 3 atom stereocenters. The number of rotatable bonds is 6. The molecule has 1 aliphatic carbocycles. The molecular formula is C29H36ClN5O3. The molecule has 38 heavy (non-hydrogen) atoms. The molecule has 2 N–H and O–H groups in total. The molecule has 1 saturated carbocycles. The Morgan fingerprint density at radius 2 is 1.97 bits per heavy atom. The first-order chi connectivity index (χ1) is 18.1. The van der Waals surface area contributed by atoms with Crippen LogP contribution >= 0.6 is 11.6 Å². The zero-order chi connectivity index (χ0) is 27.4. The number of nitrogens with zero attached hydrogens (tertiary/aromatic N) is 4. The van der Waals surface area contributed by atoms with Crippen molar-refractivity contribution >= 4 is 29.1 Å². The molecule has 0 bridgehead atoms. The third-order valence-electron chi connectivity index (χ3n) is 7.46. The minimum absolute atomic E-state index is 0.0232. The third-order valence-corrected chi connectivity index (χ3v) is 7.76. The van der Waals surface area contributed by atoms with Gasteiger partial charge < -0.3 is 10.4 Å². The quantitative estimate of drug-likeness (QED) is 0.526. The normalized spacial score (nSPS) is 21.0. The smallest absolute Gasteiger partial charge is 0.251 e. The highest BCUT2D eigenvalue weighted by molar-refractivity contribution is 6.34. The summed E-state index contributed by atoms with van der Waals surface area (Å²) >= 11 is 6.84. The van der Waals surface area contributed by atoms with Crippen LogP contribution < -0.4 is 10.2 Å². The first-order valence-corrected chi connectivity index (χ1v) is 13.7. The van der Waals surface area contributed by atoms with E-state index in [9.17, 15) is 20.0 Å². The van der Waals surface area contributed by atoms with E-state index in [1.54, 1.807) is 30.6 Å². The van der Waals surface area contributed by atoms with Gasteiger partial charge in [0.1, 0.15) is 12.1 Å². The molecule has 0 radical (unpaired) electrons. The number of carbonyl (C=O) groups excluding carboxylic acids is 2. The largest absolute Gasteiger partial charge is 0.391 e. The monoisotopic (exact) mass is 537 g/mol. The van der Waals surface area contributed by atoms with E-state index < -0.39 is 24.1 Å². The van der Waals surface area contributed by atoms with Crippen LogP contribution in [0.5, 0.6) is 0 Å². The minimum atomic E-state index is -1.06. The molecule has 2 fully saturated rings. The first-order valence-electron chi connectivity index (χ1n) is 13.3. The molecule has 2 aliphatic rings. The molecule has 2 aromatic rings. The Hall–Kier alpha value is -3.15. The number of hydrogen-bond acceptors (Lipinski definition) is 6. The number of anilines is 1. The van der Waals surface area contributed by atoms with Crippen molar-refractivity contribution in [2.45, 2.75) is 88.9 Å². The number of amides is 2. The standard InChI is InChI=1S/C29H36ClN5O3/c1-29(2,3)20-11-12-24(23(30)14-20)35(28(38)25-15-22(36)17-34(25)18-31)26(19-8-7-13-32-16-19)27(37)33-21-9-5-4-6-10-21/h7-8,11-14,16,21-22,25-26,36H,4-6,9-10,15,17H2,1-3H3,(H,33,37)/t22-,25-,26?/m1/s1. The number of aliphatic hydroxyl groups is 1. The second-order valence-electron chi connectivity index (χ2n) is 11.3. The zero-order valence-corrected chi connectivity index (χ0v) is 23.0. The molecule has 1 saturated heterocycles. The molecule has 1 aliphatic heterocycles. The summed E-state index contributed by atoms with van der Waals surface area (Å²) in [5.74, 6) is -0.794. The SMILES string of the molecule is CC(C)(C)c1ccc(N(C(=O)[C@H]2C[C@@H](O)CN2C#N)C(C(=O)NC2CCCCC2)c2cccnc2)c(Cl)c1. The van der Waals surface area contributed by atoms with E-state index in [0.717, 1.165) is 37.7 Å². The lowest BCUT2D eigenvalue weighted by atomic mass is 9.87. The van der Waals surface area contributed by atoms with Gasteiger partial charge in [-0.1, -0.05) is 63.8 Å². The summed E-state index contributed by atoms with van der Waals surface area (Å²) < 4.78 is 0. The van der Waals surface area contributed by atoms with Crippen LogP contribution in [0.25, 0.3) is 0 Å². The summed E-state index contributed by atoms with van der Waals surface area (Å²) in [7, 11) is 0. The number of benzene rings is 1. The van der Waals surface area contributed by atoms with Gasteiger partial charge in [-0.05, 0) is 42.0 Å². The van der Waals surface area contributed by atoms with Crippen molar-refractivity contribution in [3.63, 3.8) is 0 Å². The molecule has 1 aromatic carbocycles. The molecular weight excluding hydrogens is 502 g/mol. The number of likely N-dealkylation sites (tertiary alicyclic amines) is 1. The van der Waals surface area contributed by atoms with E-state index in [2.05, 4.69) is 31.1 Å². The Balaban J connectivity index is 1.83. The van der Waals surface area contributed by atoms with Crippen LogP contribution in [-0.2, 0) is 15.0 Å². The van der Waals surface area contributed by atoms with E-state index >= 15 is 0 Å². The number of nitriles is 1. The van der Waals surface area contributed by atoms with Gasteiger partial charge in [-0.3, -0.25) is 24.4 Å².